The summed E-state index contributed by atoms with van der Waals surface area (Å²) < 4.78 is 8.93. The predicted molar refractivity (Wildman–Crippen MR) is 78.7 cm³/mol. The van der Waals surface area contributed by atoms with Crippen LogP contribution in [0.25, 0.3) is 0 Å². The second-order valence-corrected chi connectivity index (χ2v) is 6.53. The number of nitrogens with zero attached hydrogens (tertiary/aromatic N) is 2. The molecule has 1 aromatic rings. The molecule has 1 aromatic heterocycles. The molecule has 0 unspecified atom stereocenters. The summed E-state index contributed by atoms with van der Waals surface area (Å²) in [4.78, 5) is 0. The molecule has 4 heteroatoms. The van der Waals surface area contributed by atoms with Gasteiger partial charge in [0.15, 0.2) is 0 Å². The Morgan fingerprint density at radius 1 is 1.28 bits per heavy atom. The first-order valence-electron chi connectivity index (χ1n) is 6.70. The van der Waals surface area contributed by atoms with Crippen molar-refractivity contribution in [3.8, 4) is 0 Å². The van der Waals surface area contributed by atoms with Gasteiger partial charge in [-0.25, -0.2) is 0 Å². The van der Waals surface area contributed by atoms with Gasteiger partial charge in [0.1, 0.15) is 0 Å². The van der Waals surface area contributed by atoms with Crippen LogP contribution in [0.4, 0.5) is 0 Å². The summed E-state index contributed by atoms with van der Waals surface area (Å²) in [5.41, 5.74) is 2.60. The normalized spacial score (nSPS) is 12.1. The van der Waals surface area contributed by atoms with Crippen LogP contribution in [0.2, 0.25) is 0 Å². The summed E-state index contributed by atoms with van der Waals surface area (Å²) in [7, 11) is 0. The summed E-state index contributed by atoms with van der Waals surface area (Å²) in [5.74, 6) is 0. The van der Waals surface area contributed by atoms with Crippen molar-refractivity contribution in [3.05, 3.63) is 15.9 Å². The smallest absolute Gasteiger partial charge is 0.0896 e. The van der Waals surface area contributed by atoms with Crippen LogP contribution >= 0.6 is 15.9 Å². The third-order valence-electron chi connectivity index (χ3n) is 2.93. The van der Waals surface area contributed by atoms with Crippen LogP contribution in [0.3, 0.4) is 0 Å². The highest BCUT2D eigenvalue weighted by atomic mass is 79.9. The van der Waals surface area contributed by atoms with Crippen molar-refractivity contribution >= 4 is 15.9 Å². The van der Waals surface area contributed by atoms with Crippen LogP contribution in [-0.4, -0.2) is 16.4 Å². The second-order valence-electron chi connectivity index (χ2n) is 5.74. The van der Waals surface area contributed by atoms with E-state index in [1.54, 1.807) is 0 Å². The zero-order chi connectivity index (χ0) is 13.8. The maximum atomic E-state index is 5.79. The minimum atomic E-state index is 0.330. The molecule has 0 aliphatic rings. The van der Waals surface area contributed by atoms with E-state index in [2.05, 4.69) is 55.6 Å². The molecule has 0 saturated heterocycles. The average molecular weight is 317 g/mol. The highest BCUT2D eigenvalue weighted by Gasteiger charge is 2.14. The molecule has 0 N–H and O–H groups in total. The van der Waals surface area contributed by atoms with Gasteiger partial charge >= 0.3 is 0 Å². The van der Waals surface area contributed by atoms with E-state index in [0.29, 0.717) is 12.0 Å². The number of aryl methyl sites for hydroxylation is 2. The fourth-order valence-electron chi connectivity index (χ4n) is 1.70. The lowest BCUT2D eigenvalue weighted by atomic mass is 9.93. The molecular formula is C14H25BrN2O. The number of rotatable bonds is 6. The van der Waals surface area contributed by atoms with E-state index in [1.807, 2.05) is 4.68 Å². The number of aromatic nitrogens is 2. The van der Waals surface area contributed by atoms with Crippen molar-refractivity contribution in [2.75, 3.05) is 6.61 Å². The Labute approximate surface area is 119 Å². The van der Waals surface area contributed by atoms with Gasteiger partial charge in [-0.1, -0.05) is 27.7 Å². The molecule has 0 bridgehead atoms. The molecule has 0 spiro atoms. The average Bonchev–Trinajstić information content (AvgIpc) is 2.60. The van der Waals surface area contributed by atoms with Gasteiger partial charge in [-0.3, -0.25) is 4.68 Å². The van der Waals surface area contributed by atoms with E-state index in [-0.39, 0.29) is 0 Å². The molecule has 1 rings (SSSR count). The van der Waals surface area contributed by atoms with Crippen molar-refractivity contribution in [1.29, 1.82) is 0 Å². The summed E-state index contributed by atoms with van der Waals surface area (Å²) in [5, 5.41) is 4.56. The maximum absolute atomic E-state index is 5.79. The van der Waals surface area contributed by atoms with Crippen molar-refractivity contribution in [2.45, 2.75) is 60.6 Å². The van der Waals surface area contributed by atoms with Crippen LogP contribution in [0.15, 0.2) is 4.47 Å². The van der Waals surface area contributed by atoms with E-state index in [9.17, 15) is 0 Å². The Morgan fingerprint density at radius 2 is 1.94 bits per heavy atom. The van der Waals surface area contributed by atoms with Crippen molar-refractivity contribution in [1.82, 2.24) is 9.78 Å². The zero-order valence-corrected chi connectivity index (χ0v) is 13.8. The van der Waals surface area contributed by atoms with E-state index >= 15 is 0 Å². The monoisotopic (exact) mass is 316 g/mol. The fourth-order valence-corrected chi connectivity index (χ4v) is 2.38. The molecular weight excluding hydrogens is 292 g/mol. The largest absolute Gasteiger partial charge is 0.375 e. The van der Waals surface area contributed by atoms with Gasteiger partial charge in [0.2, 0.25) is 0 Å². The van der Waals surface area contributed by atoms with Gasteiger partial charge < -0.3 is 4.74 Å². The summed E-state index contributed by atoms with van der Waals surface area (Å²) >= 11 is 3.63. The van der Waals surface area contributed by atoms with Crippen LogP contribution in [-0.2, 0) is 24.3 Å². The van der Waals surface area contributed by atoms with Gasteiger partial charge in [-0.2, -0.15) is 5.10 Å². The minimum absolute atomic E-state index is 0.330. The minimum Gasteiger partial charge on any atom is -0.375 e. The van der Waals surface area contributed by atoms with Gasteiger partial charge in [0, 0.05) is 13.2 Å². The number of hydrogen-bond donors (Lipinski definition) is 0. The topological polar surface area (TPSA) is 27.1 Å². The van der Waals surface area contributed by atoms with E-state index in [4.69, 9.17) is 4.74 Å². The second kappa shape index (κ2) is 6.71. The molecule has 0 aliphatic carbocycles. The fraction of sp³-hybridized carbons (Fsp3) is 0.786. The Morgan fingerprint density at radius 3 is 2.44 bits per heavy atom. The standard InChI is InChI=1S/C14H25BrN2O/c1-6-11-13(15)12(17(7-2)16-11)10-18-9-8-14(3,4)5/h6-10H2,1-5H3. The third kappa shape index (κ3) is 4.39. The van der Waals surface area contributed by atoms with Crippen LogP contribution in [0.5, 0.6) is 0 Å². The zero-order valence-electron chi connectivity index (χ0n) is 12.2. The van der Waals surface area contributed by atoms with E-state index in [0.717, 1.165) is 41.9 Å². The lowest BCUT2D eigenvalue weighted by molar-refractivity contribution is 0.0912. The summed E-state index contributed by atoms with van der Waals surface area (Å²) in [6.45, 7) is 13.3. The van der Waals surface area contributed by atoms with E-state index in [1.165, 1.54) is 0 Å². The predicted octanol–water partition coefficient (Wildman–Crippen LogP) is 4.18. The maximum Gasteiger partial charge on any atom is 0.0896 e. The molecule has 0 aromatic carbocycles. The quantitative estimate of drug-likeness (QED) is 0.736. The van der Waals surface area contributed by atoms with Crippen molar-refractivity contribution < 1.29 is 4.74 Å². The Bertz CT molecular complexity index is 380. The van der Waals surface area contributed by atoms with Gasteiger partial charge in [-0.05, 0) is 41.1 Å². The first-order valence-corrected chi connectivity index (χ1v) is 7.50. The van der Waals surface area contributed by atoms with Crippen LogP contribution < -0.4 is 0 Å². The molecule has 0 radical (unpaired) electrons. The molecule has 0 aliphatic heterocycles. The van der Waals surface area contributed by atoms with Crippen molar-refractivity contribution in [2.24, 2.45) is 5.41 Å². The molecule has 3 nitrogen and oxygen atoms in total. The number of hydrogen-bond acceptors (Lipinski definition) is 2. The molecule has 0 amide bonds. The summed E-state index contributed by atoms with van der Waals surface area (Å²) in [6, 6.07) is 0. The van der Waals surface area contributed by atoms with Gasteiger partial charge in [0.05, 0.1) is 22.5 Å². The lowest BCUT2D eigenvalue weighted by Crippen LogP contribution is -2.11. The SMILES string of the molecule is CCc1nn(CC)c(COCCC(C)(C)C)c1Br. The van der Waals surface area contributed by atoms with E-state index < -0.39 is 0 Å². The highest BCUT2D eigenvalue weighted by molar-refractivity contribution is 9.10. The van der Waals surface area contributed by atoms with Crippen LogP contribution in [0, 0.1) is 5.41 Å². The Balaban J connectivity index is 2.58. The third-order valence-corrected chi connectivity index (χ3v) is 3.84. The molecule has 1 heterocycles. The number of halogens is 1. The first-order chi connectivity index (χ1) is 8.39. The van der Waals surface area contributed by atoms with Gasteiger partial charge in [0.25, 0.3) is 0 Å². The summed E-state index contributed by atoms with van der Waals surface area (Å²) in [6.07, 6.45) is 2.02. The molecule has 18 heavy (non-hydrogen) atoms. The molecule has 0 atom stereocenters. The molecule has 104 valence electrons. The Kier molecular flexibility index (Phi) is 5.86. The number of ether oxygens (including phenoxy) is 1. The first kappa shape index (κ1) is 15.7. The molecule has 0 saturated carbocycles. The van der Waals surface area contributed by atoms with Crippen molar-refractivity contribution in [3.63, 3.8) is 0 Å². The lowest BCUT2D eigenvalue weighted by Gasteiger charge is -2.17. The van der Waals surface area contributed by atoms with Crippen LogP contribution in [0.1, 0.15) is 52.4 Å². The van der Waals surface area contributed by atoms with Gasteiger partial charge in [-0.15, -0.1) is 0 Å². The highest BCUT2D eigenvalue weighted by Crippen LogP contribution is 2.24. The molecule has 0 fully saturated rings. The Hall–Kier alpha value is -0.350.